The van der Waals surface area contributed by atoms with Crippen molar-refractivity contribution in [3.8, 4) is 0 Å². The van der Waals surface area contributed by atoms with Gasteiger partial charge in [-0.3, -0.25) is 4.79 Å². The summed E-state index contributed by atoms with van der Waals surface area (Å²) in [5.41, 5.74) is 0.302. The second kappa shape index (κ2) is 4.71. The van der Waals surface area contributed by atoms with Gasteiger partial charge < -0.3 is 10.6 Å². The van der Waals surface area contributed by atoms with Crippen molar-refractivity contribution in [2.24, 2.45) is 11.3 Å². The predicted octanol–water partition coefficient (Wildman–Crippen LogP) is 1.32. The standard InChI is InChI=1S/C11H20N2O.ClH/c1-3-11(2)6-9(11)10(14)13-8-4-5-12-7-8;/h8-9,12H,3-7H2,1-2H3,(H,13,14);1H. The van der Waals surface area contributed by atoms with E-state index < -0.39 is 0 Å². The molecule has 2 rings (SSSR count). The first-order valence-electron chi connectivity index (χ1n) is 5.67. The fourth-order valence-corrected chi connectivity index (χ4v) is 2.29. The molecule has 15 heavy (non-hydrogen) atoms. The van der Waals surface area contributed by atoms with E-state index in [4.69, 9.17) is 0 Å². The molecule has 3 atom stereocenters. The molecule has 0 spiro atoms. The Labute approximate surface area is 97.8 Å². The minimum absolute atomic E-state index is 0. The Morgan fingerprint density at radius 3 is 2.80 bits per heavy atom. The first-order chi connectivity index (χ1) is 6.65. The van der Waals surface area contributed by atoms with E-state index >= 15 is 0 Å². The maximum Gasteiger partial charge on any atom is 0.223 e. The minimum Gasteiger partial charge on any atom is -0.352 e. The Morgan fingerprint density at radius 1 is 1.60 bits per heavy atom. The SMILES string of the molecule is CCC1(C)CC1C(=O)NC1CCNC1.Cl. The molecule has 1 saturated carbocycles. The molecule has 1 heterocycles. The van der Waals surface area contributed by atoms with Crippen LogP contribution < -0.4 is 10.6 Å². The number of nitrogens with one attached hydrogen (secondary N) is 2. The summed E-state index contributed by atoms with van der Waals surface area (Å²) in [5.74, 6) is 0.566. The van der Waals surface area contributed by atoms with Crippen LogP contribution >= 0.6 is 12.4 Å². The van der Waals surface area contributed by atoms with E-state index in [1.807, 2.05) is 0 Å². The van der Waals surface area contributed by atoms with E-state index in [1.54, 1.807) is 0 Å². The number of halogens is 1. The monoisotopic (exact) mass is 232 g/mol. The highest BCUT2D eigenvalue weighted by atomic mass is 35.5. The van der Waals surface area contributed by atoms with Gasteiger partial charge in [-0.2, -0.15) is 0 Å². The molecular formula is C11H21ClN2O. The Bertz CT molecular complexity index is 241. The lowest BCUT2D eigenvalue weighted by Crippen LogP contribution is -2.38. The normalized spacial score (nSPS) is 38.3. The first kappa shape index (κ1) is 12.8. The predicted molar refractivity (Wildman–Crippen MR) is 63.2 cm³/mol. The van der Waals surface area contributed by atoms with Crippen molar-refractivity contribution in [2.45, 2.75) is 39.2 Å². The summed E-state index contributed by atoms with van der Waals surface area (Å²) in [6.45, 7) is 6.37. The van der Waals surface area contributed by atoms with E-state index in [0.717, 1.165) is 32.4 Å². The van der Waals surface area contributed by atoms with Gasteiger partial charge in [-0.15, -0.1) is 12.4 Å². The maximum absolute atomic E-state index is 11.8. The molecular weight excluding hydrogens is 212 g/mol. The molecule has 0 aromatic rings. The lowest BCUT2D eigenvalue weighted by molar-refractivity contribution is -0.123. The Hall–Kier alpha value is -0.280. The van der Waals surface area contributed by atoms with Gasteiger partial charge in [-0.05, 0) is 31.2 Å². The first-order valence-corrected chi connectivity index (χ1v) is 5.67. The summed E-state index contributed by atoms with van der Waals surface area (Å²) >= 11 is 0. The van der Waals surface area contributed by atoms with E-state index in [-0.39, 0.29) is 24.2 Å². The van der Waals surface area contributed by atoms with Crippen molar-refractivity contribution in [1.82, 2.24) is 10.6 Å². The number of amides is 1. The second-order valence-corrected chi connectivity index (χ2v) is 4.96. The average Bonchev–Trinajstić information content (AvgIpc) is 2.60. The van der Waals surface area contributed by atoms with Crippen molar-refractivity contribution in [2.75, 3.05) is 13.1 Å². The smallest absolute Gasteiger partial charge is 0.223 e. The summed E-state index contributed by atoms with van der Waals surface area (Å²) < 4.78 is 0. The van der Waals surface area contributed by atoms with Gasteiger partial charge in [0.15, 0.2) is 0 Å². The third-order valence-electron chi connectivity index (χ3n) is 3.88. The number of hydrogen-bond acceptors (Lipinski definition) is 2. The van der Waals surface area contributed by atoms with Gasteiger partial charge in [-0.25, -0.2) is 0 Å². The molecule has 2 N–H and O–H groups in total. The molecule has 1 aliphatic carbocycles. The Morgan fingerprint density at radius 2 is 2.33 bits per heavy atom. The molecule has 0 radical (unpaired) electrons. The molecule has 1 amide bonds. The summed E-state index contributed by atoms with van der Waals surface area (Å²) in [5, 5.41) is 6.39. The molecule has 2 fully saturated rings. The lowest BCUT2D eigenvalue weighted by atomic mass is 10.0. The van der Waals surface area contributed by atoms with Crippen LogP contribution in [0.15, 0.2) is 0 Å². The zero-order chi connectivity index (χ0) is 10.2. The number of carbonyl (C=O) groups is 1. The van der Waals surface area contributed by atoms with E-state index in [0.29, 0.717) is 11.5 Å². The topological polar surface area (TPSA) is 41.1 Å². The summed E-state index contributed by atoms with van der Waals surface area (Å²) in [6.07, 6.45) is 3.28. The fraction of sp³-hybridized carbons (Fsp3) is 0.909. The highest BCUT2D eigenvalue weighted by Crippen LogP contribution is 2.54. The van der Waals surface area contributed by atoms with Gasteiger partial charge in [0.25, 0.3) is 0 Å². The molecule has 2 aliphatic rings. The van der Waals surface area contributed by atoms with Gasteiger partial charge in [0.1, 0.15) is 0 Å². The molecule has 0 bridgehead atoms. The Balaban J connectivity index is 0.00000112. The van der Waals surface area contributed by atoms with Crippen LogP contribution in [-0.4, -0.2) is 25.0 Å². The summed E-state index contributed by atoms with van der Waals surface area (Å²) in [4.78, 5) is 11.8. The number of carbonyl (C=O) groups excluding carboxylic acids is 1. The van der Waals surface area contributed by atoms with Gasteiger partial charge in [0.05, 0.1) is 0 Å². The largest absolute Gasteiger partial charge is 0.352 e. The molecule has 88 valence electrons. The van der Waals surface area contributed by atoms with Crippen LogP contribution in [0.5, 0.6) is 0 Å². The van der Waals surface area contributed by atoms with Gasteiger partial charge in [-0.1, -0.05) is 13.8 Å². The van der Waals surface area contributed by atoms with Crippen molar-refractivity contribution in [3.63, 3.8) is 0 Å². The van der Waals surface area contributed by atoms with Crippen molar-refractivity contribution >= 4 is 18.3 Å². The van der Waals surface area contributed by atoms with Crippen molar-refractivity contribution in [3.05, 3.63) is 0 Å². The lowest BCUT2D eigenvalue weighted by Gasteiger charge is -2.12. The average molecular weight is 233 g/mol. The molecule has 3 unspecified atom stereocenters. The molecule has 3 nitrogen and oxygen atoms in total. The maximum atomic E-state index is 11.8. The summed E-state index contributed by atoms with van der Waals surface area (Å²) in [6, 6.07) is 0.379. The molecule has 0 aromatic carbocycles. The third-order valence-corrected chi connectivity index (χ3v) is 3.88. The van der Waals surface area contributed by atoms with Crippen LogP contribution in [0.1, 0.15) is 33.1 Å². The second-order valence-electron chi connectivity index (χ2n) is 4.96. The van der Waals surface area contributed by atoms with E-state index in [9.17, 15) is 4.79 Å². The highest BCUT2D eigenvalue weighted by molar-refractivity contribution is 5.85. The summed E-state index contributed by atoms with van der Waals surface area (Å²) in [7, 11) is 0. The van der Waals surface area contributed by atoms with Crippen LogP contribution in [-0.2, 0) is 4.79 Å². The molecule has 1 aliphatic heterocycles. The third kappa shape index (κ3) is 2.64. The minimum atomic E-state index is 0. The van der Waals surface area contributed by atoms with Crippen LogP contribution in [0.4, 0.5) is 0 Å². The van der Waals surface area contributed by atoms with Crippen LogP contribution in [0, 0.1) is 11.3 Å². The van der Waals surface area contributed by atoms with Crippen molar-refractivity contribution < 1.29 is 4.79 Å². The van der Waals surface area contributed by atoms with Crippen LogP contribution in [0.3, 0.4) is 0 Å². The zero-order valence-corrected chi connectivity index (χ0v) is 10.3. The van der Waals surface area contributed by atoms with Gasteiger partial charge in [0, 0.05) is 18.5 Å². The van der Waals surface area contributed by atoms with E-state index in [2.05, 4.69) is 24.5 Å². The fourth-order valence-electron chi connectivity index (χ4n) is 2.29. The van der Waals surface area contributed by atoms with Gasteiger partial charge >= 0.3 is 0 Å². The zero-order valence-electron chi connectivity index (χ0n) is 9.51. The molecule has 0 aromatic heterocycles. The van der Waals surface area contributed by atoms with Crippen LogP contribution in [0.25, 0.3) is 0 Å². The molecule has 4 heteroatoms. The number of rotatable bonds is 3. The highest BCUT2D eigenvalue weighted by Gasteiger charge is 2.53. The quantitative estimate of drug-likeness (QED) is 0.771. The molecule has 1 saturated heterocycles. The number of hydrogen-bond donors (Lipinski definition) is 2. The van der Waals surface area contributed by atoms with Crippen molar-refractivity contribution in [1.29, 1.82) is 0 Å². The van der Waals surface area contributed by atoms with E-state index in [1.165, 1.54) is 0 Å². The van der Waals surface area contributed by atoms with Gasteiger partial charge in [0.2, 0.25) is 5.91 Å². The Kier molecular flexibility index (Phi) is 4.01. The van der Waals surface area contributed by atoms with Crippen LogP contribution in [0.2, 0.25) is 0 Å².